The predicted octanol–water partition coefficient (Wildman–Crippen LogP) is 1.46. The molecule has 4 heteroatoms. The lowest BCUT2D eigenvalue weighted by Crippen LogP contribution is -2.53. The second kappa shape index (κ2) is 5.94. The third-order valence-corrected chi connectivity index (χ3v) is 4.63. The van der Waals surface area contributed by atoms with Gasteiger partial charge in [-0.3, -0.25) is 9.69 Å². The third-order valence-electron chi connectivity index (χ3n) is 4.63. The maximum atomic E-state index is 12.4. The number of carbonyl (C=O) groups excluding carboxylic acids is 1. The molecule has 4 nitrogen and oxygen atoms in total. The normalized spacial score (nSPS) is 20.8. The van der Waals surface area contributed by atoms with Gasteiger partial charge < -0.3 is 10.6 Å². The highest BCUT2D eigenvalue weighted by molar-refractivity contribution is 5.94. The number of carbonyl (C=O) groups is 1. The molecule has 1 saturated heterocycles. The summed E-state index contributed by atoms with van der Waals surface area (Å²) in [6.45, 7) is 4.28. The smallest absolute Gasteiger partial charge is 0.253 e. The van der Waals surface area contributed by atoms with E-state index in [0.717, 1.165) is 43.3 Å². The lowest BCUT2D eigenvalue weighted by molar-refractivity contribution is 0.0455. The van der Waals surface area contributed by atoms with E-state index < -0.39 is 0 Å². The number of nitrogens with two attached hydrogens (primary N) is 1. The summed E-state index contributed by atoms with van der Waals surface area (Å²) in [7, 11) is 0. The summed E-state index contributed by atoms with van der Waals surface area (Å²) in [6, 6.07) is 8.46. The van der Waals surface area contributed by atoms with Gasteiger partial charge in [0, 0.05) is 44.3 Å². The quantitative estimate of drug-likeness (QED) is 0.907. The highest BCUT2D eigenvalue weighted by Crippen LogP contribution is 2.25. The fourth-order valence-corrected chi connectivity index (χ4v) is 3.01. The van der Waals surface area contributed by atoms with Crippen LogP contribution in [0.25, 0.3) is 0 Å². The van der Waals surface area contributed by atoms with Crippen LogP contribution in [0.1, 0.15) is 35.2 Å². The Labute approximate surface area is 120 Å². The van der Waals surface area contributed by atoms with Crippen molar-refractivity contribution in [1.82, 2.24) is 9.80 Å². The van der Waals surface area contributed by atoms with Crippen molar-refractivity contribution in [2.45, 2.75) is 31.8 Å². The lowest BCUT2D eigenvalue weighted by atomic mass is 9.91. The van der Waals surface area contributed by atoms with E-state index in [1.165, 1.54) is 19.3 Å². The van der Waals surface area contributed by atoms with Crippen LogP contribution in [0, 0.1) is 0 Å². The fourth-order valence-electron chi connectivity index (χ4n) is 3.01. The highest BCUT2D eigenvalue weighted by Gasteiger charge is 2.29. The molecule has 2 fully saturated rings. The summed E-state index contributed by atoms with van der Waals surface area (Å²) in [5.74, 6) is 0.154. The Morgan fingerprint density at radius 1 is 1.10 bits per heavy atom. The summed E-state index contributed by atoms with van der Waals surface area (Å²) in [5, 5.41) is 0. The molecule has 108 valence electrons. The van der Waals surface area contributed by atoms with Gasteiger partial charge in [0.05, 0.1) is 0 Å². The second-order valence-corrected chi connectivity index (χ2v) is 5.81. The fraction of sp³-hybridized carbons (Fsp3) is 0.562. The Bertz CT molecular complexity index is 459. The number of hydrogen-bond donors (Lipinski definition) is 1. The summed E-state index contributed by atoms with van der Waals surface area (Å²) in [5.41, 5.74) is 7.42. The van der Waals surface area contributed by atoms with Crippen molar-refractivity contribution in [2.75, 3.05) is 26.2 Å². The van der Waals surface area contributed by atoms with Gasteiger partial charge in [0.25, 0.3) is 5.91 Å². The van der Waals surface area contributed by atoms with E-state index >= 15 is 0 Å². The zero-order valence-corrected chi connectivity index (χ0v) is 11.9. The average molecular weight is 273 g/mol. The monoisotopic (exact) mass is 273 g/mol. The minimum atomic E-state index is 0.154. The molecule has 2 aliphatic rings. The Hall–Kier alpha value is -1.39. The van der Waals surface area contributed by atoms with Gasteiger partial charge in [0.1, 0.15) is 0 Å². The third kappa shape index (κ3) is 2.72. The molecule has 0 radical (unpaired) electrons. The Morgan fingerprint density at radius 3 is 2.25 bits per heavy atom. The first kappa shape index (κ1) is 13.6. The molecule has 20 heavy (non-hydrogen) atoms. The number of rotatable bonds is 3. The van der Waals surface area contributed by atoms with Gasteiger partial charge in [-0.2, -0.15) is 0 Å². The summed E-state index contributed by atoms with van der Waals surface area (Å²) < 4.78 is 0. The first-order valence-corrected chi connectivity index (χ1v) is 7.60. The molecule has 1 aromatic rings. The SMILES string of the molecule is NCc1ccc(C(=O)N2CCN(C3CCC3)CC2)cc1. The van der Waals surface area contributed by atoms with Crippen LogP contribution in [0.4, 0.5) is 0 Å². The molecular formula is C16H23N3O. The van der Waals surface area contributed by atoms with E-state index in [1.807, 2.05) is 29.2 Å². The molecule has 1 aliphatic carbocycles. The van der Waals surface area contributed by atoms with Crippen molar-refractivity contribution in [2.24, 2.45) is 5.73 Å². The number of benzene rings is 1. The van der Waals surface area contributed by atoms with Crippen LogP contribution in [0.5, 0.6) is 0 Å². The molecule has 0 bridgehead atoms. The van der Waals surface area contributed by atoms with Crippen LogP contribution >= 0.6 is 0 Å². The van der Waals surface area contributed by atoms with Crippen LogP contribution in [0.15, 0.2) is 24.3 Å². The van der Waals surface area contributed by atoms with E-state index in [9.17, 15) is 4.79 Å². The van der Waals surface area contributed by atoms with Crippen molar-refractivity contribution >= 4 is 5.91 Å². The molecule has 1 heterocycles. The first-order valence-electron chi connectivity index (χ1n) is 7.60. The molecule has 0 aromatic heterocycles. The molecule has 0 spiro atoms. The second-order valence-electron chi connectivity index (χ2n) is 5.81. The molecule has 1 saturated carbocycles. The molecule has 2 N–H and O–H groups in total. The van der Waals surface area contributed by atoms with Crippen molar-refractivity contribution in [3.05, 3.63) is 35.4 Å². The van der Waals surface area contributed by atoms with Gasteiger partial charge in [0.15, 0.2) is 0 Å². The largest absolute Gasteiger partial charge is 0.336 e. The van der Waals surface area contributed by atoms with E-state index in [1.54, 1.807) is 0 Å². The number of amides is 1. The zero-order chi connectivity index (χ0) is 13.9. The van der Waals surface area contributed by atoms with E-state index in [0.29, 0.717) is 6.54 Å². The lowest BCUT2D eigenvalue weighted by Gasteiger charge is -2.42. The minimum Gasteiger partial charge on any atom is -0.336 e. The van der Waals surface area contributed by atoms with Crippen LogP contribution in [-0.2, 0) is 6.54 Å². The molecule has 1 amide bonds. The van der Waals surface area contributed by atoms with E-state index in [4.69, 9.17) is 5.73 Å². The minimum absolute atomic E-state index is 0.154. The summed E-state index contributed by atoms with van der Waals surface area (Å²) >= 11 is 0. The van der Waals surface area contributed by atoms with Gasteiger partial charge in [-0.1, -0.05) is 18.6 Å². The average Bonchev–Trinajstić information content (AvgIpc) is 2.46. The zero-order valence-electron chi connectivity index (χ0n) is 11.9. The van der Waals surface area contributed by atoms with E-state index in [2.05, 4.69) is 4.90 Å². The maximum absolute atomic E-state index is 12.4. The highest BCUT2D eigenvalue weighted by atomic mass is 16.2. The van der Waals surface area contributed by atoms with Crippen LogP contribution in [-0.4, -0.2) is 47.9 Å². The van der Waals surface area contributed by atoms with Gasteiger partial charge in [-0.15, -0.1) is 0 Å². The van der Waals surface area contributed by atoms with Crippen LogP contribution in [0.3, 0.4) is 0 Å². The molecule has 0 atom stereocenters. The van der Waals surface area contributed by atoms with Gasteiger partial charge in [-0.25, -0.2) is 0 Å². The molecule has 1 aliphatic heterocycles. The molecule has 0 unspecified atom stereocenters. The Morgan fingerprint density at radius 2 is 1.75 bits per heavy atom. The summed E-state index contributed by atoms with van der Waals surface area (Å²) in [6.07, 6.45) is 4.06. The summed E-state index contributed by atoms with van der Waals surface area (Å²) in [4.78, 5) is 17.0. The van der Waals surface area contributed by atoms with Gasteiger partial charge >= 0.3 is 0 Å². The van der Waals surface area contributed by atoms with Crippen molar-refractivity contribution in [3.8, 4) is 0 Å². The van der Waals surface area contributed by atoms with Gasteiger partial charge in [-0.05, 0) is 30.5 Å². The van der Waals surface area contributed by atoms with Crippen LogP contribution < -0.4 is 5.73 Å². The van der Waals surface area contributed by atoms with Crippen molar-refractivity contribution in [1.29, 1.82) is 0 Å². The van der Waals surface area contributed by atoms with E-state index in [-0.39, 0.29) is 5.91 Å². The number of hydrogen-bond acceptors (Lipinski definition) is 3. The maximum Gasteiger partial charge on any atom is 0.253 e. The first-order chi connectivity index (χ1) is 9.78. The molecule has 3 rings (SSSR count). The topological polar surface area (TPSA) is 49.6 Å². The predicted molar refractivity (Wildman–Crippen MR) is 79.4 cm³/mol. The van der Waals surface area contributed by atoms with Crippen molar-refractivity contribution in [3.63, 3.8) is 0 Å². The standard InChI is InChI=1S/C16H23N3O/c17-12-13-4-6-14(7-5-13)16(20)19-10-8-18(9-11-19)15-2-1-3-15/h4-7,15H,1-3,8-12,17H2. The Balaban J connectivity index is 1.57. The number of nitrogens with zero attached hydrogens (tertiary/aromatic N) is 2. The van der Waals surface area contributed by atoms with Crippen LogP contribution in [0.2, 0.25) is 0 Å². The number of piperazine rings is 1. The van der Waals surface area contributed by atoms with Gasteiger partial charge in [0.2, 0.25) is 0 Å². The van der Waals surface area contributed by atoms with Crippen molar-refractivity contribution < 1.29 is 4.79 Å². The molecule has 1 aromatic carbocycles. The Kier molecular flexibility index (Phi) is 4.03. The molecular weight excluding hydrogens is 250 g/mol.